The van der Waals surface area contributed by atoms with Crippen molar-refractivity contribution in [1.82, 2.24) is 15.2 Å². The third-order valence-corrected chi connectivity index (χ3v) is 4.23. The first kappa shape index (κ1) is 15.6. The highest BCUT2D eigenvalue weighted by atomic mass is 19.1. The standard InChI is InChI=1S/C18H20FN3O/c19-16-5-3-14(4-6-16)17(22-11-1-2-12-22)13-21-18(23)15-7-9-20-10-8-15/h3-10,17H,1-2,11-13H2,(H,21,23). The highest BCUT2D eigenvalue weighted by molar-refractivity contribution is 5.93. The Hall–Kier alpha value is -2.27. The number of nitrogens with zero attached hydrogens (tertiary/aromatic N) is 2. The number of halogens is 1. The number of carbonyl (C=O) groups excluding carboxylic acids is 1. The van der Waals surface area contributed by atoms with Gasteiger partial charge >= 0.3 is 0 Å². The van der Waals surface area contributed by atoms with E-state index < -0.39 is 0 Å². The Morgan fingerprint density at radius 2 is 1.78 bits per heavy atom. The average Bonchev–Trinajstić information content (AvgIpc) is 3.11. The van der Waals surface area contributed by atoms with Gasteiger partial charge in [-0.2, -0.15) is 0 Å². The summed E-state index contributed by atoms with van der Waals surface area (Å²) in [6, 6.07) is 10.0. The molecule has 1 saturated heterocycles. The van der Waals surface area contributed by atoms with Gasteiger partial charge in [-0.1, -0.05) is 12.1 Å². The minimum atomic E-state index is -0.241. The van der Waals surface area contributed by atoms with Crippen LogP contribution in [0.4, 0.5) is 4.39 Å². The molecule has 23 heavy (non-hydrogen) atoms. The van der Waals surface area contributed by atoms with Gasteiger partial charge in [0.15, 0.2) is 0 Å². The van der Waals surface area contributed by atoms with E-state index >= 15 is 0 Å². The number of pyridine rings is 1. The number of hydrogen-bond acceptors (Lipinski definition) is 3. The van der Waals surface area contributed by atoms with Crippen molar-refractivity contribution in [2.75, 3.05) is 19.6 Å². The first-order chi connectivity index (χ1) is 11.2. The number of aromatic nitrogens is 1. The van der Waals surface area contributed by atoms with Crippen LogP contribution in [-0.2, 0) is 0 Å². The molecule has 2 heterocycles. The molecule has 0 radical (unpaired) electrons. The summed E-state index contributed by atoms with van der Waals surface area (Å²) in [7, 11) is 0. The summed E-state index contributed by atoms with van der Waals surface area (Å²) in [6.07, 6.45) is 5.53. The highest BCUT2D eigenvalue weighted by Gasteiger charge is 2.24. The maximum Gasteiger partial charge on any atom is 0.251 e. The van der Waals surface area contributed by atoms with E-state index in [4.69, 9.17) is 0 Å². The third-order valence-electron chi connectivity index (χ3n) is 4.23. The van der Waals surface area contributed by atoms with E-state index in [2.05, 4.69) is 15.2 Å². The molecule has 4 nitrogen and oxygen atoms in total. The fourth-order valence-electron chi connectivity index (χ4n) is 2.99. The van der Waals surface area contributed by atoms with Gasteiger partial charge in [-0.25, -0.2) is 4.39 Å². The van der Waals surface area contributed by atoms with Crippen molar-refractivity contribution in [3.63, 3.8) is 0 Å². The van der Waals surface area contributed by atoms with Crippen molar-refractivity contribution < 1.29 is 9.18 Å². The number of likely N-dealkylation sites (tertiary alicyclic amines) is 1. The van der Waals surface area contributed by atoms with Crippen LogP contribution in [0.2, 0.25) is 0 Å². The van der Waals surface area contributed by atoms with Gasteiger partial charge in [-0.05, 0) is 55.8 Å². The minimum Gasteiger partial charge on any atom is -0.350 e. The molecule has 120 valence electrons. The number of carbonyl (C=O) groups is 1. The summed E-state index contributed by atoms with van der Waals surface area (Å²) in [5.41, 5.74) is 1.63. The molecule has 1 fully saturated rings. The maximum absolute atomic E-state index is 13.2. The van der Waals surface area contributed by atoms with Gasteiger partial charge in [0.05, 0.1) is 6.04 Å². The smallest absolute Gasteiger partial charge is 0.251 e. The molecule has 1 aliphatic rings. The van der Waals surface area contributed by atoms with Gasteiger partial charge in [-0.15, -0.1) is 0 Å². The van der Waals surface area contributed by atoms with Crippen LogP contribution in [0.15, 0.2) is 48.8 Å². The van der Waals surface area contributed by atoms with E-state index in [0.29, 0.717) is 12.1 Å². The summed E-state index contributed by atoms with van der Waals surface area (Å²) in [5, 5.41) is 2.99. The van der Waals surface area contributed by atoms with Crippen molar-refractivity contribution in [3.8, 4) is 0 Å². The van der Waals surface area contributed by atoms with E-state index in [1.165, 1.54) is 12.1 Å². The Bertz CT molecular complexity index is 639. The second-order valence-corrected chi connectivity index (χ2v) is 5.76. The molecule has 0 aliphatic carbocycles. The van der Waals surface area contributed by atoms with Gasteiger partial charge in [-0.3, -0.25) is 14.7 Å². The second-order valence-electron chi connectivity index (χ2n) is 5.76. The van der Waals surface area contributed by atoms with E-state index in [9.17, 15) is 9.18 Å². The molecule has 1 atom stereocenters. The number of rotatable bonds is 5. The molecule has 1 aromatic heterocycles. The van der Waals surface area contributed by atoms with Crippen LogP contribution >= 0.6 is 0 Å². The molecule has 0 bridgehead atoms. The van der Waals surface area contributed by atoms with Crippen molar-refractivity contribution in [2.24, 2.45) is 0 Å². The molecule has 3 rings (SSSR count). The summed E-state index contributed by atoms with van der Waals surface area (Å²) < 4.78 is 13.2. The molecule has 1 unspecified atom stereocenters. The Labute approximate surface area is 135 Å². The Morgan fingerprint density at radius 1 is 1.13 bits per heavy atom. The van der Waals surface area contributed by atoms with Crippen molar-refractivity contribution in [1.29, 1.82) is 0 Å². The Balaban J connectivity index is 1.71. The molecule has 0 spiro atoms. The van der Waals surface area contributed by atoms with Gasteiger partial charge in [0.1, 0.15) is 5.82 Å². The lowest BCUT2D eigenvalue weighted by Gasteiger charge is -2.28. The molecule has 1 amide bonds. The van der Waals surface area contributed by atoms with Crippen LogP contribution in [0.3, 0.4) is 0 Å². The van der Waals surface area contributed by atoms with E-state index in [0.717, 1.165) is 31.5 Å². The number of amides is 1. The zero-order valence-electron chi connectivity index (χ0n) is 12.9. The van der Waals surface area contributed by atoms with Crippen molar-refractivity contribution in [2.45, 2.75) is 18.9 Å². The molecular formula is C18H20FN3O. The molecule has 1 N–H and O–H groups in total. The number of benzene rings is 1. The van der Waals surface area contributed by atoms with Crippen LogP contribution in [-0.4, -0.2) is 35.4 Å². The third kappa shape index (κ3) is 3.93. The fourth-order valence-corrected chi connectivity index (χ4v) is 2.99. The molecule has 1 aromatic carbocycles. The molecule has 5 heteroatoms. The molecule has 2 aromatic rings. The highest BCUT2D eigenvalue weighted by Crippen LogP contribution is 2.24. The summed E-state index contributed by atoms with van der Waals surface area (Å²) in [6.45, 7) is 2.52. The molecule has 0 saturated carbocycles. The summed E-state index contributed by atoms with van der Waals surface area (Å²) in [4.78, 5) is 18.5. The molecular weight excluding hydrogens is 293 g/mol. The number of nitrogens with one attached hydrogen (secondary N) is 1. The lowest BCUT2D eigenvalue weighted by molar-refractivity contribution is 0.0938. The topological polar surface area (TPSA) is 45.2 Å². The second kappa shape index (κ2) is 7.33. The van der Waals surface area contributed by atoms with E-state index in [-0.39, 0.29) is 17.8 Å². The lowest BCUT2D eigenvalue weighted by atomic mass is 10.1. The maximum atomic E-state index is 13.2. The summed E-state index contributed by atoms with van der Waals surface area (Å²) in [5.74, 6) is -0.353. The van der Waals surface area contributed by atoms with Gasteiger partial charge in [0, 0.05) is 24.5 Å². The van der Waals surface area contributed by atoms with Crippen LogP contribution in [0, 0.1) is 5.82 Å². The minimum absolute atomic E-state index is 0.0730. The monoisotopic (exact) mass is 313 g/mol. The Kier molecular flexibility index (Phi) is 4.98. The number of hydrogen-bond donors (Lipinski definition) is 1. The van der Waals surface area contributed by atoms with Crippen LogP contribution in [0.25, 0.3) is 0 Å². The zero-order chi connectivity index (χ0) is 16.1. The first-order valence-electron chi connectivity index (χ1n) is 7.92. The van der Waals surface area contributed by atoms with Crippen LogP contribution in [0.1, 0.15) is 34.8 Å². The quantitative estimate of drug-likeness (QED) is 0.923. The van der Waals surface area contributed by atoms with Gasteiger partial charge in [0.25, 0.3) is 5.91 Å². The van der Waals surface area contributed by atoms with Crippen molar-refractivity contribution >= 4 is 5.91 Å². The predicted octanol–water partition coefficient (Wildman–Crippen LogP) is 2.79. The largest absolute Gasteiger partial charge is 0.350 e. The fraction of sp³-hybridized carbons (Fsp3) is 0.333. The first-order valence-corrected chi connectivity index (χ1v) is 7.92. The lowest BCUT2D eigenvalue weighted by Crippen LogP contribution is -2.36. The Morgan fingerprint density at radius 3 is 2.43 bits per heavy atom. The average molecular weight is 313 g/mol. The van der Waals surface area contributed by atoms with Crippen LogP contribution in [0.5, 0.6) is 0 Å². The zero-order valence-corrected chi connectivity index (χ0v) is 12.9. The normalized spacial score (nSPS) is 16.2. The van der Waals surface area contributed by atoms with Crippen molar-refractivity contribution in [3.05, 3.63) is 65.7 Å². The van der Waals surface area contributed by atoms with Gasteiger partial charge < -0.3 is 5.32 Å². The summed E-state index contributed by atoms with van der Waals surface area (Å²) >= 11 is 0. The van der Waals surface area contributed by atoms with E-state index in [1.54, 1.807) is 36.7 Å². The predicted molar refractivity (Wildman–Crippen MR) is 86.5 cm³/mol. The van der Waals surface area contributed by atoms with Crippen LogP contribution < -0.4 is 5.32 Å². The SMILES string of the molecule is O=C(NCC(c1ccc(F)cc1)N1CCCC1)c1ccncc1. The van der Waals surface area contributed by atoms with Gasteiger partial charge in [0.2, 0.25) is 0 Å². The molecule has 1 aliphatic heterocycles. The van der Waals surface area contributed by atoms with E-state index in [1.807, 2.05) is 0 Å².